The predicted molar refractivity (Wildman–Crippen MR) is 102 cm³/mol. The predicted octanol–water partition coefficient (Wildman–Crippen LogP) is 3.99. The summed E-state index contributed by atoms with van der Waals surface area (Å²) in [6.45, 7) is 2.18. The van der Waals surface area contributed by atoms with E-state index in [1.165, 1.54) is 6.07 Å². The molecule has 0 aliphatic carbocycles. The maximum Gasteiger partial charge on any atom is 0.210 e. The van der Waals surface area contributed by atoms with Crippen molar-refractivity contribution < 1.29 is 8.81 Å². The highest BCUT2D eigenvalue weighted by molar-refractivity contribution is 5.81. The van der Waals surface area contributed by atoms with Crippen molar-refractivity contribution in [3.63, 3.8) is 0 Å². The van der Waals surface area contributed by atoms with Gasteiger partial charge >= 0.3 is 0 Å². The van der Waals surface area contributed by atoms with Crippen LogP contribution >= 0.6 is 0 Å². The highest BCUT2D eigenvalue weighted by Gasteiger charge is 2.15. The third kappa shape index (κ3) is 2.58. The zero-order valence-electron chi connectivity index (χ0n) is 14.9. The van der Waals surface area contributed by atoms with Gasteiger partial charge in [0.05, 0.1) is 6.26 Å². The highest BCUT2D eigenvalue weighted by Crippen LogP contribution is 2.27. The van der Waals surface area contributed by atoms with Gasteiger partial charge in [0, 0.05) is 46.7 Å². The SMILES string of the molecule is Cc1ncccc1-c1cnc(NCc2c(F)ccc3occc23)n2cnnc12. The molecule has 1 aromatic carbocycles. The van der Waals surface area contributed by atoms with Gasteiger partial charge in [0.15, 0.2) is 5.65 Å². The number of benzene rings is 1. The van der Waals surface area contributed by atoms with Crippen molar-refractivity contribution in [3.8, 4) is 11.1 Å². The van der Waals surface area contributed by atoms with Gasteiger partial charge in [-0.05, 0) is 31.2 Å². The van der Waals surface area contributed by atoms with Crippen LogP contribution in [-0.2, 0) is 6.54 Å². The maximum absolute atomic E-state index is 14.3. The number of halogens is 1. The third-order valence-electron chi connectivity index (χ3n) is 4.74. The van der Waals surface area contributed by atoms with Gasteiger partial charge in [-0.25, -0.2) is 9.37 Å². The van der Waals surface area contributed by atoms with E-state index in [2.05, 4.69) is 25.5 Å². The number of aromatic nitrogens is 5. The van der Waals surface area contributed by atoms with Crippen molar-refractivity contribution in [1.29, 1.82) is 0 Å². The Labute approximate surface area is 158 Å². The molecule has 0 saturated carbocycles. The fourth-order valence-electron chi connectivity index (χ4n) is 3.33. The molecule has 28 heavy (non-hydrogen) atoms. The third-order valence-corrected chi connectivity index (χ3v) is 4.74. The molecule has 0 amide bonds. The van der Waals surface area contributed by atoms with E-state index in [0.29, 0.717) is 22.7 Å². The number of rotatable bonds is 4. The van der Waals surface area contributed by atoms with Crippen molar-refractivity contribution in [2.45, 2.75) is 13.5 Å². The van der Waals surface area contributed by atoms with E-state index in [-0.39, 0.29) is 12.4 Å². The van der Waals surface area contributed by atoms with Gasteiger partial charge in [-0.3, -0.25) is 9.38 Å². The van der Waals surface area contributed by atoms with E-state index in [0.717, 1.165) is 22.2 Å². The van der Waals surface area contributed by atoms with Crippen LogP contribution in [0, 0.1) is 12.7 Å². The lowest BCUT2D eigenvalue weighted by Crippen LogP contribution is -2.08. The summed E-state index contributed by atoms with van der Waals surface area (Å²) >= 11 is 0. The van der Waals surface area contributed by atoms with Crippen LogP contribution in [0.3, 0.4) is 0 Å². The van der Waals surface area contributed by atoms with Gasteiger partial charge in [-0.1, -0.05) is 6.07 Å². The molecule has 0 spiro atoms. The molecule has 4 heterocycles. The Kier molecular flexibility index (Phi) is 3.75. The molecular weight excluding hydrogens is 359 g/mol. The van der Waals surface area contributed by atoms with Crippen molar-refractivity contribution >= 4 is 22.6 Å². The Hall–Kier alpha value is -3.81. The molecule has 0 aliphatic heterocycles. The average molecular weight is 374 g/mol. The highest BCUT2D eigenvalue weighted by atomic mass is 19.1. The summed E-state index contributed by atoms with van der Waals surface area (Å²) in [4.78, 5) is 8.83. The molecule has 0 unspecified atom stereocenters. The van der Waals surface area contributed by atoms with Gasteiger partial charge in [-0.2, -0.15) is 0 Å². The molecule has 5 rings (SSSR count). The first-order valence-electron chi connectivity index (χ1n) is 8.71. The van der Waals surface area contributed by atoms with Crippen LogP contribution in [0.5, 0.6) is 0 Å². The molecule has 4 aromatic heterocycles. The molecular formula is C20H15FN6O. The van der Waals surface area contributed by atoms with E-state index < -0.39 is 0 Å². The first-order chi connectivity index (χ1) is 13.7. The van der Waals surface area contributed by atoms with Crippen LogP contribution in [0.4, 0.5) is 10.3 Å². The van der Waals surface area contributed by atoms with E-state index in [1.807, 2.05) is 19.1 Å². The Morgan fingerprint density at radius 1 is 1.14 bits per heavy atom. The number of aryl methyl sites for hydroxylation is 1. The van der Waals surface area contributed by atoms with Crippen molar-refractivity contribution in [2.24, 2.45) is 0 Å². The number of nitrogens with zero attached hydrogens (tertiary/aromatic N) is 5. The van der Waals surface area contributed by atoms with Crippen LogP contribution in [0.25, 0.3) is 27.7 Å². The minimum atomic E-state index is -0.302. The summed E-state index contributed by atoms with van der Waals surface area (Å²) in [7, 11) is 0. The summed E-state index contributed by atoms with van der Waals surface area (Å²) in [6, 6.07) is 8.62. The fraction of sp³-hybridized carbons (Fsp3) is 0.100. The molecule has 1 N–H and O–H groups in total. The molecule has 0 saturated heterocycles. The monoisotopic (exact) mass is 374 g/mol. The first kappa shape index (κ1) is 16.4. The van der Waals surface area contributed by atoms with Gasteiger partial charge in [-0.15, -0.1) is 10.2 Å². The summed E-state index contributed by atoms with van der Waals surface area (Å²) in [5, 5.41) is 12.2. The quantitative estimate of drug-likeness (QED) is 0.512. The number of furan rings is 1. The van der Waals surface area contributed by atoms with Gasteiger partial charge in [0.1, 0.15) is 17.7 Å². The summed E-state index contributed by atoms with van der Waals surface area (Å²) < 4.78 is 21.4. The van der Waals surface area contributed by atoms with Crippen LogP contribution < -0.4 is 5.32 Å². The minimum Gasteiger partial charge on any atom is -0.464 e. The van der Waals surface area contributed by atoms with Crippen LogP contribution in [0.2, 0.25) is 0 Å². The number of anilines is 1. The Bertz CT molecular complexity index is 1310. The van der Waals surface area contributed by atoms with Crippen molar-refractivity contribution in [1.82, 2.24) is 24.6 Å². The molecule has 0 atom stereocenters. The number of fused-ring (bicyclic) bond motifs is 2. The number of hydrogen-bond donors (Lipinski definition) is 1. The van der Waals surface area contributed by atoms with E-state index in [4.69, 9.17) is 4.42 Å². The minimum absolute atomic E-state index is 0.244. The molecule has 0 fully saturated rings. The molecule has 0 radical (unpaired) electrons. The van der Waals surface area contributed by atoms with Gasteiger partial charge in [0.2, 0.25) is 5.95 Å². The zero-order valence-corrected chi connectivity index (χ0v) is 14.9. The second-order valence-electron chi connectivity index (χ2n) is 6.37. The largest absolute Gasteiger partial charge is 0.464 e. The lowest BCUT2D eigenvalue weighted by molar-refractivity contribution is 0.603. The lowest BCUT2D eigenvalue weighted by atomic mass is 10.1. The smallest absolute Gasteiger partial charge is 0.210 e. The zero-order chi connectivity index (χ0) is 19.1. The standard InChI is InChI=1S/C20H15FN6O/c1-12-13(3-2-7-22-12)16-10-24-20(27-11-25-26-19(16)27)23-9-15-14-6-8-28-18(14)5-4-17(15)21/h2-8,10-11H,9H2,1H3,(H,23,24). The topological polar surface area (TPSA) is 81.1 Å². The Morgan fingerprint density at radius 3 is 2.96 bits per heavy atom. The Morgan fingerprint density at radius 2 is 2.07 bits per heavy atom. The summed E-state index contributed by atoms with van der Waals surface area (Å²) in [5.74, 6) is 0.217. The van der Waals surface area contributed by atoms with Crippen molar-refractivity contribution in [2.75, 3.05) is 5.32 Å². The molecule has 8 heteroatoms. The van der Waals surface area contributed by atoms with E-state index >= 15 is 0 Å². The normalized spacial score (nSPS) is 11.4. The van der Waals surface area contributed by atoms with Gasteiger partial charge < -0.3 is 9.73 Å². The fourth-order valence-corrected chi connectivity index (χ4v) is 3.33. The van der Waals surface area contributed by atoms with Gasteiger partial charge in [0.25, 0.3) is 0 Å². The molecule has 0 bridgehead atoms. The molecule has 7 nitrogen and oxygen atoms in total. The molecule has 5 aromatic rings. The van der Waals surface area contributed by atoms with Crippen molar-refractivity contribution in [3.05, 3.63) is 72.4 Å². The van der Waals surface area contributed by atoms with Crippen LogP contribution in [0.15, 0.2) is 59.7 Å². The first-order valence-corrected chi connectivity index (χ1v) is 8.71. The number of nitrogens with one attached hydrogen (secondary N) is 1. The number of hydrogen-bond acceptors (Lipinski definition) is 6. The van der Waals surface area contributed by atoms with Crippen LogP contribution in [-0.4, -0.2) is 24.6 Å². The Balaban J connectivity index is 1.53. The van der Waals surface area contributed by atoms with Crippen LogP contribution in [0.1, 0.15) is 11.3 Å². The number of pyridine rings is 1. The average Bonchev–Trinajstić information content (AvgIpc) is 3.37. The lowest BCUT2D eigenvalue weighted by Gasteiger charge is -2.11. The second kappa shape index (κ2) is 6.41. The summed E-state index contributed by atoms with van der Waals surface area (Å²) in [5.41, 5.74) is 4.45. The van der Waals surface area contributed by atoms with E-state index in [9.17, 15) is 4.39 Å². The van der Waals surface area contributed by atoms with E-state index in [1.54, 1.807) is 41.5 Å². The molecule has 138 valence electrons. The summed E-state index contributed by atoms with van der Waals surface area (Å²) in [6.07, 6.45) is 6.60. The second-order valence-corrected chi connectivity index (χ2v) is 6.37. The maximum atomic E-state index is 14.3. The molecule has 0 aliphatic rings.